The van der Waals surface area contributed by atoms with Crippen LogP contribution < -0.4 is 10.6 Å². The van der Waals surface area contributed by atoms with Gasteiger partial charge in [-0.2, -0.15) is 0 Å². The third-order valence-electron chi connectivity index (χ3n) is 4.14. The van der Waals surface area contributed by atoms with Crippen molar-refractivity contribution in [2.75, 3.05) is 5.32 Å². The molecule has 0 fully saturated rings. The number of pyridine rings is 1. The van der Waals surface area contributed by atoms with Gasteiger partial charge in [0.2, 0.25) is 0 Å². The van der Waals surface area contributed by atoms with Gasteiger partial charge in [-0.1, -0.05) is 54.6 Å². The molecule has 0 aliphatic heterocycles. The molecule has 0 radical (unpaired) electrons. The lowest BCUT2D eigenvalue weighted by molar-refractivity contribution is 0.0979. The molecule has 4 aromatic rings. The first kappa shape index (κ1) is 16.2. The molecule has 1 heterocycles. The number of fused-ring (bicyclic) bond motifs is 2. The van der Waals surface area contributed by atoms with E-state index in [-0.39, 0.29) is 11.0 Å². The van der Waals surface area contributed by atoms with Crippen molar-refractivity contribution in [1.29, 1.82) is 0 Å². The Kier molecular flexibility index (Phi) is 4.29. The second kappa shape index (κ2) is 6.90. The maximum absolute atomic E-state index is 12.7. The standard InChI is InChI=1S/C21H15N3OS/c25-20(17-11-3-7-14-6-1-2-10-16(14)17)24-21(26)23-18-12-4-8-15-9-5-13-22-19(15)18/h1-13H,(H2,23,24,25,26). The lowest BCUT2D eigenvalue weighted by Crippen LogP contribution is -2.34. The fraction of sp³-hybridized carbons (Fsp3) is 0. The normalized spacial score (nSPS) is 10.6. The summed E-state index contributed by atoms with van der Waals surface area (Å²) in [5, 5.41) is 8.97. The van der Waals surface area contributed by atoms with E-state index in [1.165, 1.54) is 0 Å². The molecule has 0 spiro atoms. The number of carbonyl (C=O) groups excluding carboxylic acids is 1. The van der Waals surface area contributed by atoms with E-state index in [0.29, 0.717) is 5.56 Å². The zero-order valence-electron chi connectivity index (χ0n) is 13.8. The van der Waals surface area contributed by atoms with Gasteiger partial charge < -0.3 is 5.32 Å². The molecule has 4 rings (SSSR count). The minimum atomic E-state index is -0.243. The zero-order chi connectivity index (χ0) is 17.9. The van der Waals surface area contributed by atoms with E-state index in [0.717, 1.165) is 27.4 Å². The highest BCUT2D eigenvalue weighted by Gasteiger charge is 2.12. The van der Waals surface area contributed by atoms with Crippen LogP contribution in [0.3, 0.4) is 0 Å². The maximum atomic E-state index is 12.7. The highest BCUT2D eigenvalue weighted by Crippen LogP contribution is 2.21. The molecule has 0 aliphatic carbocycles. The number of rotatable bonds is 2. The molecule has 5 heteroatoms. The van der Waals surface area contributed by atoms with Crippen LogP contribution in [0.4, 0.5) is 5.69 Å². The zero-order valence-corrected chi connectivity index (χ0v) is 14.6. The number of hydrogen-bond acceptors (Lipinski definition) is 3. The molecule has 3 aromatic carbocycles. The van der Waals surface area contributed by atoms with Crippen LogP contribution in [0.25, 0.3) is 21.7 Å². The fourth-order valence-corrected chi connectivity index (χ4v) is 3.16. The van der Waals surface area contributed by atoms with Crippen LogP contribution in [0.5, 0.6) is 0 Å². The smallest absolute Gasteiger partial charge is 0.258 e. The summed E-state index contributed by atoms with van der Waals surface area (Å²) in [6.45, 7) is 0. The van der Waals surface area contributed by atoms with E-state index in [4.69, 9.17) is 12.2 Å². The number of nitrogens with one attached hydrogen (secondary N) is 2. The van der Waals surface area contributed by atoms with Crippen LogP contribution in [-0.2, 0) is 0 Å². The number of amides is 1. The molecular formula is C21H15N3OS. The molecule has 0 saturated carbocycles. The summed E-state index contributed by atoms with van der Waals surface area (Å²) >= 11 is 5.33. The molecule has 2 N–H and O–H groups in total. The van der Waals surface area contributed by atoms with Crippen molar-refractivity contribution in [3.8, 4) is 0 Å². The van der Waals surface area contributed by atoms with E-state index in [1.54, 1.807) is 12.3 Å². The second-order valence-corrected chi connectivity index (χ2v) is 6.22. The summed E-state index contributed by atoms with van der Waals surface area (Å²) in [7, 11) is 0. The minimum Gasteiger partial charge on any atom is -0.331 e. The SMILES string of the molecule is O=C(NC(=S)Nc1cccc2cccnc12)c1cccc2ccccc12. The van der Waals surface area contributed by atoms with Gasteiger partial charge in [-0.25, -0.2) is 0 Å². The molecule has 26 heavy (non-hydrogen) atoms. The van der Waals surface area contributed by atoms with E-state index >= 15 is 0 Å². The number of benzene rings is 3. The molecule has 0 bridgehead atoms. The quantitative estimate of drug-likeness (QED) is 0.518. The van der Waals surface area contributed by atoms with Crippen LogP contribution in [0.1, 0.15) is 10.4 Å². The number of carbonyl (C=O) groups is 1. The number of nitrogens with zero attached hydrogens (tertiary/aromatic N) is 1. The largest absolute Gasteiger partial charge is 0.331 e. The minimum absolute atomic E-state index is 0.237. The average molecular weight is 357 g/mol. The average Bonchev–Trinajstić information content (AvgIpc) is 2.67. The highest BCUT2D eigenvalue weighted by molar-refractivity contribution is 7.80. The summed E-state index contributed by atoms with van der Waals surface area (Å²) < 4.78 is 0. The Morgan fingerprint density at radius 3 is 2.50 bits per heavy atom. The Labute approximate surface area is 155 Å². The predicted octanol–water partition coefficient (Wildman–Crippen LogP) is 4.51. The summed E-state index contributed by atoms with van der Waals surface area (Å²) in [4.78, 5) is 17.0. The monoisotopic (exact) mass is 357 g/mol. The number of anilines is 1. The Morgan fingerprint density at radius 2 is 1.58 bits per heavy atom. The first-order valence-corrected chi connectivity index (χ1v) is 8.57. The van der Waals surface area contributed by atoms with E-state index in [9.17, 15) is 4.79 Å². The summed E-state index contributed by atoms with van der Waals surface area (Å²) in [5.74, 6) is -0.243. The van der Waals surface area contributed by atoms with Gasteiger partial charge >= 0.3 is 0 Å². The van der Waals surface area contributed by atoms with Crippen molar-refractivity contribution in [2.24, 2.45) is 0 Å². The molecule has 126 valence electrons. The maximum Gasteiger partial charge on any atom is 0.258 e. The van der Waals surface area contributed by atoms with Gasteiger partial charge in [0.05, 0.1) is 11.2 Å². The Bertz CT molecular complexity index is 1130. The molecular weight excluding hydrogens is 342 g/mol. The highest BCUT2D eigenvalue weighted by atomic mass is 32.1. The van der Waals surface area contributed by atoms with Gasteiger partial charge in [-0.05, 0) is 41.2 Å². The van der Waals surface area contributed by atoms with Crippen molar-refractivity contribution in [2.45, 2.75) is 0 Å². The third-order valence-corrected chi connectivity index (χ3v) is 4.35. The number of para-hydroxylation sites is 1. The Hall–Kier alpha value is -3.31. The van der Waals surface area contributed by atoms with Crippen molar-refractivity contribution in [3.63, 3.8) is 0 Å². The third kappa shape index (κ3) is 3.12. The van der Waals surface area contributed by atoms with E-state index < -0.39 is 0 Å². The van der Waals surface area contributed by atoms with Crippen LogP contribution in [-0.4, -0.2) is 16.0 Å². The van der Waals surface area contributed by atoms with Crippen LogP contribution in [0.2, 0.25) is 0 Å². The van der Waals surface area contributed by atoms with Crippen molar-refractivity contribution in [3.05, 3.63) is 84.6 Å². The first-order chi connectivity index (χ1) is 12.7. The summed E-state index contributed by atoms with van der Waals surface area (Å²) in [5.41, 5.74) is 2.14. The fourth-order valence-electron chi connectivity index (χ4n) is 2.95. The van der Waals surface area contributed by atoms with Gasteiger partial charge in [0.25, 0.3) is 5.91 Å². The summed E-state index contributed by atoms with van der Waals surface area (Å²) in [6.07, 6.45) is 1.73. The Balaban J connectivity index is 1.57. The van der Waals surface area contributed by atoms with E-state index in [1.807, 2.05) is 66.7 Å². The first-order valence-electron chi connectivity index (χ1n) is 8.16. The van der Waals surface area contributed by atoms with Gasteiger partial charge in [0, 0.05) is 17.1 Å². The van der Waals surface area contributed by atoms with Gasteiger partial charge in [0.15, 0.2) is 5.11 Å². The van der Waals surface area contributed by atoms with Crippen molar-refractivity contribution < 1.29 is 4.79 Å². The summed E-state index contributed by atoms with van der Waals surface area (Å²) in [6, 6.07) is 23.0. The predicted molar refractivity (Wildman–Crippen MR) is 109 cm³/mol. The molecule has 1 amide bonds. The molecule has 0 saturated heterocycles. The molecule has 4 nitrogen and oxygen atoms in total. The Morgan fingerprint density at radius 1 is 0.846 bits per heavy atom. The van der Waals surface area contributed by atoms with Gasteiger partial charge in [-0.3, -0.25) is 15.1 Å². The number of aromatic nitrogens is 1. The number of hydrogen-bond donors (Lipinski definition) is 2. The molecule has 0 unspecified atom stereocenters. The van der Waals surface area contributed by atoms with Crippen LogP contribution in [0, 0.1) is 0 Å². The topological polar surface area (TPSA) is 54.0 Å². The molecule has 0 atom stereocenters. The lowest BCUT2D eigenvalue weighted by atomic mass is 10.0. The molecule has 1 aromatic heterocycles. The van der Waals surface area contributed by atoms with Crippen LogP contribution >= 0.6 is 12.2 Å². The van der Waals surface area contributed by atoms with Gasteiger partial charge in [-0.15, -0.1) is 0 Å². The second-order valence-electron chi connectivity index (χ2n) is 5.82. The number of thiocarbonyl (C=S) groups is 1. The van der Waals surface area contributed by atoms with Crippen LogP contribution in [0.15, 0.2) is 79.0 Å². The van der Waals surface area contributed by atoms with Gasteiger partial charge in [0.1, 0.15) is 0 Å². The molecule has 0 aliphatic rings. The van der Waals surface area contributed by atoms with Crippen molar-refractivity contribution in [1.82, 2.24) is 10.3 Å². The van der Waals surface area contributed by atoms with E-state index in [2.05, 4.69) is 15.6 Å². The lowest BCUT2D eigenvalue weighted by Gasteiger charge is -2.12. The van der Waals surface area contributed by atoms with Crippen molar-refractivity contribution >= 4 is 50.6 Å².